The zero-order valence-electron chi connectivity index (χ0n) is 20.2. The maximum absolute atomic E-state index is 14.3. The molecule has 0 unspecified atom stereocenters. The highest BCUT2D eigenvalue weighted by Gasteiger charge is 2.44. The van der Waals surface area contributed by atoms with E-state index < -0.39 is 46.7 Å². The Morgan fingerprint density at radius 3 is 2.42 bits per heavy atom. The number of ether oxygens (including phenoxy) is 1. The predicted molar refractivity (Wildman–Crippen MR) is 127 cm³/mol. The number of sulfonamides is 1. The Kier molecular flexibility index (Phi) is 7.65. The number of halogens is 4. The molecule has 9 nitrogen and oxygen atoms in total. The number of nitrogens with one attached hydrogen (secondary N) is 1. The summed E-state index contributed by atoms with van der Waals surface area (Å²) >= 11 is 0. The van der Waals surface area contributed by atoms with Crippen LogP contribution in [-0.2, 0) is 27.5 Å². The van der Waals surface area contributed by atoms with Crippen molar-refractivity contribution in [2.45, 2.75) is 43.2 Å². The molecule has 1 aromatic carbocycles. The minimum atomic E-state index is -4.70. The number of amides is 1. The molecular weight excluding hydrogens is 530 g/mol. The summed E-state index contributed by atoms with van der Waals surface area (Å²) in [6.45, 7) is 1.23. The van der Waals surface area contributed by atoms with Crippen molar-refractivity contribution in [2.75, 3.05) is 13.7 Å². The maximum Gasteiger partial charge on any atom is 0.451 e. The van der Waals surface area contributed by atoms with Crippen molar-refractivity contribution >= 4 is 15.9 Å². The molecule has 2 aromatic heterocycles. The molecule has 3 aromatic rings. The summed E-state index contributed by atoms with van der Waals surface area (Å²) in [4.78, 5) is 23.8. The third kappa shape index (κ3) is 5.91. The first-order chi connectivity index (χ1) is 17.9. The molecule has 202 valence electrons. The molecule has 3 heterocycles. The highest BCUT2D eigenvalue weighted by Crippen LogP contribution is 2.29. The maximum atomic E-state index is 14.3. The Balaban J connectivity index is 1.52. The van der Waals surface area contributed by atoms with Gasteiger partial charge in [0.1, 0.15) is 12.2 Å². The van der Waals surface area contributed by atoms with Crippen LogP contribution in [0, 0.1) is 6.92 Å². The number of pyridine rings is 1. The van der Waals surface area contributed by atoms with Crippen molar-refractivity contribution in [3.63, 3.8) is 0 Å². The minimum Gasteiger partial charge on any atom is -0.481 e. The molecule has 0 radical (unpaired) electrons. The topological polar surface area (TPSA) is 114 Å². The highest BCUT2D eigenvalue weighted by molar-refractivity contribution is 7.89. The van der Waals surface area contributed by atoms with E-state index in [0.29, 0.717) is 5.56 Å². The summed E-state index contributed by atoms with van der Waals surface area (Å²) in [5.41, 5.74) is 1.66. The second-order valence-electron chi connectivity index (χ2n) is 8.65. The zero-order valence-corrected chi connectivity index (χ0v) is 21.1. The van der Waals surface area contributed by atoms with E-state index >= 15 is 0 Å². The third-order valence-electron chi connectivity index (χ3n) is 5.87. The van der Waals surface area contributed by atoms with E-state index in [0.717, 1.165) is 22.3 Å². The van der Waals surface area contributed by atoms with Gasteiger partial charge in [-0.1, -0.05) is 17.7 Å². The van der Waals surface area contributed by atoms with Crippen molar-refractivity contribution in [1.29, 1.82) is 0 Å². The van der Waals surface area contributed by atoms with Crippen LogP contribution in [0.5, 0.6) is 5.88 Å². The van der Waals surface area contributed by atoms with Crippen molar-refractivity contribution < 1.29 is 35.5 Å². The number of nitrogens with zero attached hydrogens (tertiary/aromatic N) is 4. The fraction of sp³-hybridized carbons (Fsp3) is 0.333. The van der Waals surface area contributed by atoms with E-state index in [1.807, 2.05) is 0 Å². The highest BCUT2D eigenvalue weighted by atomic mass is 32.2. The number of benzene rings is 1. The number of hydrogen-bond donors (Lipinski definition) is 1. The van der Waals surface area contributed by atoms with Crippen LogP contribution in [0.25, 0.3) is 11.3 Å². The van der Waals surface area contributed by atoms with Crippen LogP contribution in [0.4, 0.5) is 17.6 Å². The van der Waals surface area contributed by atoms with E-state index in [9.17, 15) is 30.8 Å². The normalized spacial score (nSPS) is 18.4. The van der Waals surface area contributed by atoms with Crippen molar-refractivity contribution in [2.24, 2.45) is 0 Å². The average Bonchev–Trinajstić information content (AvgIpc) is 3.29. The molecular formula is C24H23F4N5O4S. The molecule has 0 spiro atoms. The van der Waals surface area contributed by atoms with Crippen molar-refractivity contribution in [3.05, 3.63) is 65.7 Å². The van der Waals surface area contributed by atoms with E-state index in [-0.39, 0.29) is 35.0 Å². The first-order valence-electron chi connectivity index (χ1n) is 11.3. The summed E-state index contributed by atoms with van der Waals surface area (Å²) < 4.78 is 84.9. The summed E-state index contributed by atoms with van der Waals surface area (Å²) in [5.74, 6) is -1.89. The standard InChI is InChI=1S/C24H23F4N5O4S/c1-14-3-5-18(6-4-14)38(35,36)33-13-17(25)9-20(33)22(34)29-10-15-7-19(32-21(8-15)37-2)16-11-30-23(31-12-16)24(26,27)28/h3-8,11-12,17,20H,9-10,13H2,1-2H3,(H,29,34)/t17-,20+/m1/s1. The first-order valence-corrected chi connectivity index (χ1v) is 12.8. The van der Waals surface area contributed by atoms with Gasteiger partial charge in [-0.3, -0.25) is 4.79 Å². The van der Waals surface area contributed by atoms with Gasteiger partial charge in [0.2, 0.25) is 27.6 Å². The molecule has 1 fully saturated rings. The van der Waals surface area contributed by atoms with Crippen LogP contribution in [0.3, 0.4) is 0 Å². The average molecular weight is 554 g/mol. The smallest absolute Gasteiger partial charge is 0.451 e. The fourth-order valence-electron chi connectivity index (χ4n) is 3.93. The zero-order chi connectivity index (χ0) is 27.7. The van der Waals surface area contributed by atoms with Crippen LogP contribution in [0.1, 0.15) is 23.4 Å². The Morgan fingerprint density at radius 1 is 1.16 bits per heavy atom. The monoisotopic (exact) mass is 553 g/mol. The molecule has 4 rings (SSSR count). The van der Waals surface area contributed by atoms with Crippen molar-refractivity contribution in [3.8, 4) is 17.1 Å². The van der Waals surface area contributed by atoms with Gasteiger partial charge in [0, 0.05) is 43.5 Å². The quantitative estimate of drug-likeness (QED) is 0.447. The number of carbonyl (C=O) groups is 1. The van der Waals surface area contributed by atoms with Gasteiger partial charge in [-0.05, 0) is 30.7 Å². The number of hydrogen-bond acceptors (Lipinski definition) is 7. The Bertz CT molecular complexity index is 1420. The summed E-state index contributed by atoms with van der Waals surface area (Å²) in [5, 5.41) is 2.61. The van der Waals surface area contributed by atoms with Crippen LogP contribution in [-0.4, -0.2) is 59.5 Å². The second kappa shape index (κ2) is 10.6. The molecule has 38 heavy (non-hydrogen) atoms. The second-order valence-corrected chi connectivity index (χ2v) is 10.5. The Morgan fingerprint density at radius 2 is 1.82 bits per heavy atom. The number of alkyl halides is 4. The lowest BCUT2D eigenvalue weighted by molar-refractivity contribution is -0.145. The lowest BCUT2D eigenvalue weighted by Gasteiger charge is -2.23. The SMILES string of the molecule is COc1cc(CNC(=O)[C@@H]2C[C@@H](F)CN2S(=O)(=O)c2ccc(C)cc2)cc(-c2cnc(C(F)(F)F)nc2)n1. The van der Waals surface area contributed by atoms with Gasteiger partial charge in [-0.15, -0.1) is 0 Å². The lowest BCUT2D eigenvalue weighted by atomic mass is 10.1. The van der Waals surface area contributed by atoms with Gasteiger partial charge in [0.05, 0.1) is 17.7 Å². The van der Waals surface area contributed by atoms with Gasteiger partial charge in [0.15, 0.2) is 0 Å². The summed E-state index contributed by atoms with van der Waals surface area (Å²) in [6, 6.07) is 7.75. The molecule has 2 atom stereocenters. The fourth-order valence-corrected chi connectivity index (χ4v) is 5.56. The van der Waals surface area contributed by atoms with Crippen LogP contribution in [0.2, 0.25) is 0 Å². The molecule has 0 bridgehead atoms. The summed E-state index contributed by atoms with van der Waals surface area (Å²) in [7, 11) is -2.79. The first kappa shape index (κ1) is 27.4. The van der Waals surface area contributed by atoms with Gasteiger partial charge >= 0.3 is 6.18 Å². The predicted octanol–water partition coefficient (Wildman–Crippen LogP) is 3.29. The summed E-state index contributed by atoms with van der Waals surface area (Å²) in [6.07, 6.45) is -4.58. The van der Waals surface area contributed by atoms with Crippen molar-refractivity contribution in [1.82, 2.24) is 24.6 Å². The number of methoxy groups -OCH3 is 1. The minimum absolute atomic E-state index is 0.0442. The molecule has 0 saturated carbocycles. The number of aryl methyl sites for hydroxylation is 1. The number of aromatic nitrogens is 3. The van der Waals surface area contributed by atoms with Gasteiger partial charge in [-0.25, -0.2) is 27.8 Å². The third-order valence-corrected chi connectivity index (χ3v) is 7.76. The molecule has 14 heteroatoms. The molecule has 0 aliphatic carbocycles. The Labute approximate surface area is 215 Å². The van der Waals surface area contributed by atoms with Crippen LogP contribution >= 0.6 is 0 Å². The van der Waals surface area contributed by atoms with Gasteiger partial charge < -0.3 is 10.1 Å². The Hall–Kier alpha value is -3.65. The molecule has 1 aliphatic heterocycles. The number of rotatable bonds is 7. The van der Waals surface area contributed by atoms with E-state index in [1.54, 1.807) is 19.1 Å². The lowest BCUT2D eigenvalue weighted by Crippen LogP contribution is -2.45. The van der Waals surface area contributed by atoms with E-state index in [1.165, 1.54) is 31.4 Å². The molecule has 1 saturated heterocycles. The van der Waals surface area contributed by atoms with E-state index in [2.05, 4.69) is 20.3 Å². The van der Waals surface area contributed by atoms with Crippen LogP contribution < -0.4 is 10.1 Å². The number of carbonyl (C=O) groups excluding carboxylic acids is 1. The molecule has 1 N–H and O–H groups in total. The van der Waals surface area contributed by atoms with E-state index in [4.69, 9.17) is 4.74 Å². The van der Waals surface area contributed by atoms with Gasteiger partial charge in [0.25, 0.3) is 0 Å². The largest absolute Gasteiger partial charge is 0.481 e. The van der Waals surface area contributed by atoms with Crippen LogP contribution in [0.15, 0.2) is 53.7 Å². The van der Waals surface area contributed by atoms with Gasteiger partial charge in [-0.2, -0.15) is 17.5 Å². The molecule has 1 amide bonds. The molecule has 1 aliphatic rings.